The second kappa shape index (κ2) is 4.90. The fraction of sp³-hybridized carbons (Fsp3) is 0.333. The summed E-state index contributed by atoms with van der Waals surface area (Å²) in [5, 5.41) is 9.84. The lowest BCUT2D eigenvalue weighted by atomic mass is 9.82. The highest BCUT2D eigenvalue weighted by Crippen LogP contribution is 2.42. The van der Waals surface area contributed by atoms with Gasteiger partial charge < -0.3 is 9.84 Å². The quantitative estimate of drug-likeness (QED) is 0.805. The molecule has 3 heteroatoms. The van der Waals surface area contributed by atoms with Crippen molar-refractivity contribution in [2.75, 3.05) is 0 Å². The van der Waals surface area contributed by atoms with Gasteiger partial charge in [-0.1, -0.05) is 52.3 Å². The van der Waals surface area contributed by atoms with E-state index in [2.05, 4.69) is 34.1 Å². The third kappa shape index (κ3) is 2.25. The van der Waals surface area contributed by atoms with Gasteiger partial charge in [-0.3, -0.25) is 0 Å². The van der Waals surface area contributed by atoms with Gasteiger partial charge in [0.05, 0.1) is 0 Å². The number of aliphatic hydroxyl groups is 1. The van der Waals surface area contributed by atoms with E-state index >= 15 is 0 Å². The zero-order valence-electron chi connectivity index (χ0n) is 9.92. The molecule has 0 saturated carbocycles. The fourth-order valence-corrected chi connectivity index (χ4v) is 3.17. The average Bonchev–Trinajstić information content (AvgIpc) is 2.39. The summed E-state index contributed by atoms with van der Waals surface area (Å²) in [4.78, 5) is 0.362. The first kappa shape index (κ1) is 12.0. The molecule has 0 aromatic heterocycles. The maximum Gasteiger partial charge on any atom is 0.198 e. The number of hydrogen-bond donors (Lipinski definition) is 1. The molecule has 3 unspecified atom stereocenters. The minimum atomic E-state index is -0.703. The van der Waals surface area contributed by atoms with Crippen molar-refractivity contribution in [2.24, 2.45) is 0 Å². The highest BCUT2D eigenvalue weighted by Gasteiger charge is 2.32. The van der Waals surface area contributed by atoms with E-state index in [0.717, 1.165) is 12.2 Å². The second-order valence-electron chi connectivity index (χ2n) is 4.74. The topological polar surface area (TPSA) is 29.5 Å². The monoisotopic (exact) mass is 306 g/mol. The van der Waals surface area contributed by atoms with E-state index in [4.69, 9.17) is 4.74 Å². The van der Waals surface area contributed by atoms with Crippen molar-refractivity contribution in [3.8, 4) is 0 Å². The smallest absolute Gasteiger partial charge is 0.198 e. The molecular formula is C15H15BrO2. The van der Waals surface area contributed by atoms with Crippen LogP contribution in [0.4, 0.5) is 0 Å². The van der Waals surface area contributed by atoms with Crippen molar-refractivity contribution in [3.05, 3.63) is 59.4 Å². The number of halogens is 1. The molecular weight excluding hydrogens is 292 g/mol. The van der Waals surface area contributed by atoms with Crippen molar-refractivity contribution in [1.29, 1.82) is 0 Å². The first-order valence-corrected chi connectivity index (χ1v) is 7.10. The van der Waals surface area contributed by atoms with Gasteiger partial charge in [-0.25, -0.2) is 0 Å². The van der Waals surface area contributed by atoms with Crippen LogP contribution in [0.3, 0.4) is 0 Å². The van der Waals surface area contributed by atoms with Crippen LogP contribution < -0.4 is 0 Å². The summed E-state index contributed by atoms with van der Waals surface area (Å²) in [6.45, 7) is 0. The van der Waals surface area contributed by atoms with Crippen LogP contribution in [0, 0.1) is 0 Å². The molecule has 1 aromatic rings. The number of hydrogen-bond acceptors (Lipinski definition) is 2. The average molecular weight is 307 g/mol. The zero-order valence-corrected chi connectivity index (χ0v) is 11.5. The van der Waals surface area contributed by atoms with E-state index in [1.807, 2.05) is 24.3 Å². The molecule has 1 aromatic carbocycles. The van der Waals surface area contributed by atoms with E-state index in [-0.39, 0.29) is 5.92 Å². The molecule has 1 N–H and O–H groups in total. The van der Waals surface area contributed by atoms with Gasteiger partial charge in [0.2, 0.25) is 0 Å². The number of allylic oxidation sites excluding steroid dienone is 3. The largest absolute Gasteiger partial charge is 0.465 e. The highest BCUT2D eigenvalue weighted by molar-refractivity contribution is 9.09. The Balaban J connectivity index is 2.00. The molecule has 1 aliphatic heterocycles. The fourth-order valence-electron chi connectivity index (χ4n) is 2.67. The first-order chi connectivity index (χ1) is 8.74. The van der Waals surface area contributed by atoms with E-state index < -0.39 is 6.29 Å². The summed E-state index contributed by atoms with van der Waals surface area (Å²) >= 11 is 3.63. The molecule has 0 spiro atoms. The van der Waals surface area contributed by atoms with Crippen LogP contribution in [0.15, 0.2) is 53.8 Å². The van der Waals surface area contributed by atoms with Crippen molar-refractivity contribution in [1.82, 2.24) is 0 Å². The van der Waals surface area contributed by atoms with Gasteiger partial charge in [0, 0.05) is 17.2 Å². The van der Waals surface area contributed by atoms with Crippen LogP contribution in [0.1, 0.15) is 24.3 Å². The number of benzene rings is 1. The van der Waals surface area contributed by atoms with Crippen molar-refractivity contribution < 1.29 is 9.84 Å². The Bertz CT molecular complexity index is 492. The normalized spacial score (nSPS) is 30.9. The molecule has 1 aliphatic carbocycles. The zero-order chi connectivity index (χ0) is 12.5. The number of ether oxygens (including phenoxy) is 1. The lowest BCUT2D eigenvalue weighted by molar-refractivity contribution is -0.0795. The van der Waals surface area contributed by atoms with Crippen LogP contribution in [0.25, 0.3) is 0 Å². The van der Waals surface area contributed by atoms with Gasteiger partial charge in [0.15, 0.2) is 6.29 Å². The lowest BCUT2D eigenvalue weighted by Crippen LogP contribution is -2.26. The SMILES string of the molecule is OC1CC(c2ccccc2)C2=C(C=CC(Br)C2)O1. The van der Waals surface area contributed by atoms with E-state index in [9.17, 15) is 5.11 Å². The molecule has 1 heterocycles. The molecule has 3 rings (SSSR count). The lowest BCUT2D eigenvalue weighted by Gasteiger charge is -2.34. The standard InChI is InChI=1S/C15H15BrO2/c16-11-6-7-14-13(8-11)12(9-15(17)18-14)10-4-2-1-3-5-10/h1-7,11-12,15,17H,8-9H2. The van der Waals surface area contributed by atoms with Crippen LogP contribution in [0.2, 0.25) is 0 Å². The molecule has 2 nitrogen and oxygen atoms in total. The maximum absolute atomic E-state index is 9.84. The van der Waals surface area contributed by atoms with Crippen molar-refractivity contribution >= 4 is 15.9 Å². The van der Waals surface area contributed by atoms with Crippen molar-refractivity contribution in [3.63, 3.8) is 0 Å². The second-order valence-corrected chi connectivity index (χ2v) is 5.92. The molecule has 0 fully saturated rings. The highest BCUT2D eigenvalue weighted by atomic mass is 79.9. The number of alkyl halides is 1. The summed E-state index contributed by atoms with van der Waals surface area (Å²) in [5.74, 6) is 1.10. The van der Waals surface area contributed by atoms with Gasteiger partial charge in [-0.15, -0.1) is 0 Å². The molecule has 94 valence electrons. The molecule has 0 saturated heterocycles. The Hall–Kier alpha value is -1.06. The predicted molar refractivity (Wildman–Crippen MR) is 74.4 cm³/mol. The van der Waals surface area contributed by atoms with Crippen LogP contribution in [-0.2, 0) is 4.74 Å². The number of aliphatic hydroxyl groups excluding tert-OH is 1. The third-order valence-corrected chi connectivity index (χ3v) is 4.14. The van der Waals surface area contributed by atoms with Gasteiger partial charge in [-0.2, -0.15) is 0 Å². The Labute approximate surface area is 115 Å². The Morgan fingerprint density at radius 3 is 2.78 bits per heavy atom. The van der Waals surface area contributed by atoms with E-state index in [1.54, 1.807) is 0 Å². The predicted octanol–water partition coefficient (Wildman–Crippen LogP) is 3.49. The van der Waals surface area contributed by atoms with Crippen LogP contribution >= 0.6 is 15.9 Å². The van der Waals surface area contributed by atoms with Crippen LogP contribution in [0.5, 0.6) is 0 Å². The third-order valence-electron chi connectivity index (χ3n) is 3.51. The van der Waals surface area contributed by atoms with Gasteiger partial charge >= 0.3 is 0 Å². The minimum absolute atomic E-state index is 0.259. The van der Waals surface area contributed by atoms with Gasteiger partial charge in [-0.05, 0) is 23.6 Å². The summed E-state index contributed by atoms with van der Waals surface area (Å²) in [6, 6.07) is 10.3. The molecule has 0 bridgehead atoms. The summed E-state index contributed by atoms with van der Waals surface area (Å²) in [7, 11) is 0. The molecule has 0 amide bonds. The van der Waals surface area contributed by atoms with E-state index in [1.165, 1.54) is 11.1 Å². The van der Waals surface area contributed by atoms with Crippen molar-refractivity contribution in [2.45, 2.75) is 29.9 Å². The molecule has 18 heavy (non-hydrogen) atoms. The van der Waals surface area contributed by atoms with Crippen LogP contribution in [-0.4, -0.2) is 16.2 Å². The maximum atomic E-state index is 9.84. The molecule has 0 radical (unpaired) electrons. The molecule has 2 aliphatic rings. The number of rotatable bonds is 1. The summed E-state index contributed by atoms with van der Waals surface area (Å²) < 4.78 is 5.52. The minimum Gasteiger partial charge on any atom is -0.465 e. The van der Waals surface area contributed by atoms with E-state index in [0.29, 0.717) is 11.2 Å². The Kier molecular flexibility index (Phi) is 3.27. The Morgan fingerprint density at radius 2 is 2.00 bits per heavy atom. The van der Waals surface area contributed by atoms with Gasteiger partial charge in [0.1, 0.15) is 5.76 Å². The van der Waals surface area contributed by atoms with Gasteiger partial charge in [0.25, 0.3) is 0 Å². The summed E-state index contributed by atoms with van der Waals surface area (Å²) in [6.07, 6.45) is 4.91. The Morgan fingerprint density at radius 1 is 1.22 bits per heavy atom. The molecule has 3 atom stereocenters. The summed E-state index contributed by atoms with van der Waals surface area (Å²) in [5.41, 5.74) is 2.54. The first-order valence-electron chi connectivity index (χ1n) is 6.19.